The van der Waals surface area contributed by atoms with Crippen molar-refractivity contribution in [1.82, 2.24) is 15.3 Å². The van der Waals surface area contributed by atoms with E-state index in [2.05, 4.69) is 27.1 Å². The molecule has 6 nitrogen and oxygen atoms in total. The lowest BCUT2D eigenvalue weighted by atomic mass is 9.98. The van der Waals surface area contributed by atoms with Crippen LogP contribution in [0.4, 0.5) is 14.6 Å². The summed E-state index contributed by atoms with van der Waals surface area (Å²) >= 11 is 6.58. The molecule has 1 fully saturated rings. The number of nitrogens with one attached hydrogen (secondary N) is 1. The van der Waals surface area contributed by atoms with Gasteiger partial charge in [0.05, 0.1) is 22.6 Å². The maximum atomic E-state index is 15.7. The summed E-state index contributed by atoms with van der Waals surface area (Å²) in [5.41, 5.74) is -0.619. The van der Waals surface area contributed by atoms with Gasteiger partial charge in [-0.1, -0.05) is 17.7 Å². The summed E-state index contributed by atoms with van der Waals surface area (Å²) in [4.78, 5) is 10.7. The Balaban J connectivity index is 1.84. The highest BCUT2D eigenvalue weighted by Crippen LogP contribution is 2.49. The summed E-state index contributed by atoms with van der Waals surface area (Å²) < 4.78 is 36.2. The Labute approximate surface area is 176 Å². The highest BCUT2D eigenvalue weighted by atomic mass is 35.5. The van der Waals surface area contributed by atoms with Gasteiger partial charge < -0.3 is 20.1 Å². The number of aromatic hydroxyl groups is 1. The van der Waals surface area contributed by atoms with Gasteiger partial charge in [-0.2, -0.15) is 0 Å². The largest absolute Gasteiger partial charge is 0.507 e. The van der Waals surface area contributed by atoms with Crippen molar-refractivity contribution in [2.75, 3.05) is 24.6 Å². The predicted octanol–water partition coefficient (Wildman–Crippen LogP) is 3.88. The zero-order valence-corrected chi connectivity index (χ0v) is 16.9. The van der Waals surface area contributed by atoms with Gasteiger partial charge in [0.15, 0.2) is 11.6 Å². The number of phenolic OH excluding ortho intramolecular Hbond substituents is 1. The molecule has 2 aliphatic heterocycles. The Morgan fingerprint density at radius 2 is 2.10 bits per heavy atom. The molecule has 3 aromatic rings. The van der Waals surface area contributed by atoms with Crippen LogP contribution in [0.2, 0.25) is 5.02 Å². The van der Waals surface area contributed by atoms with E-state index in [9.17, 15) is 9.50 Å². The first-order valence-corrected chi connectivity index (χ1v) is 10.1. The second-order valence-corrected chi connectivity index (χ2v) is 8.02. The average molecular weight is 433 g/mol. The third-order valence-corrected chi connectivity index (χ3v) is 6.09. The number of ether oxygens (including phenoxy) is 1. The van der Waals surface area contributed by atoms with Crippen LogP contribution in [0, 0.1) is 11.6 Å². The standard InChI is InChI=1S/C21H19ClF2N4O2/c1-10-8-28-11(7-25-10)5-6-30-20-16-19(26-9-27-21(16)28)18(24)15(17(20)22)14-12(23)3-2-4-13(14)29/h2-4,9-11,25,29H,5-8H2,1H3/t10-,11-/m1/s1. The van der Waals surface area contributed by atoms with E-state index in [-0.39, 0.29) is 39.5 Å². The number of phenols is 1. The van der Waals surface area contributed by atoms with E-state index in [1.165, 1.54) is 18.5 Å². The summed E-state index contributed by atoms with van der Waals surface area (Å²) in [5, 5.41) is 13.9. The zero-order valence-electron chi connectivity index (χ0n) is 16.1. The van der Waals surface area contributed by atoms with Crippen LogP contribution in [0.15, 0.2) is 24.5 Å². The van der Waals surface area contributed by atoms with Crippen LogP contribution in [0.5, 0.6) is 11.5 Å². The van der Waals surface area contributed by atoms with Gasteiger partial charge >= 0.3 is 0 Å². The molecule has 0 radical (unpaired) electrons. The summed E-state index contributed by atoms with van der Waals surface area (Å²) in [6.45, 7) is 3.85. The van der Waals surface area contributed by atoms with Gasteiger partial charge in [-0.15, -0.1) is 0 Å². The highest BCUT2D eigenvalue weighted by Gasteiger charge is 2.34. The maximum absolute atomic E-state index is 15.7. The summed E-state index contributed by atoms with van der Waals surface area (Å²) in [7, 11) is 0. The summed E-state index contributed by atoms with van der Waals surface area (Å²) in [5.74, 6) is -1.30. The van der Waals surface area contributed by atoms with Crippen LogP contribution in [-0.2, 0) is 0 Å². The predicted molar refractivity (Wildman–Crippen MR) is 110 cm³/mol. The van der Waals surface area contributed by atoms with Crippen molar-refractivity contribution in [1.29, 1.82) is 0 Å². The second kappa shape index (κ2) is 7.21. The lowest BCUT2D eigenvalue weighted by molar-refractivity contribution is 0.276. The number of anilines is 1. The van der Waals surface area contributed by atoms with E-state index >= 15 is 4.39 Å². The topological polar surface area (TPSA) is 70.5 Å². The molecule has 5 rings (SSSR count). The maximum Gasteiger partial charge on any atom is 0.159 e. The number of benzene rings is 2. The number of aromatic nitrogens is 2. The number of nitrogens with zero attached hydrogens (tertiary/aromatic N) is 3. The Bertz CT molecular complexity index is 1140. The van der Waals surface area contributed by atoms with Crippen LogP contribution in [0.3, 0.4) is 0 Å². The van der Waals surface area contributed by atoms with Gasteiger partial charge in [-0.05, 0) is 19.1 Å². The molecular weight excluding hydrogens is 414 g/mol. The molecule has 2 N–H and O–H groups in total. The van der Waals surface area contributed by atoms with Crippen molar-refractivity contribution in [3.8, 4) is 22.6 Å². The Hall–Kier alpha value is -2.71. The number of fused-ring (bicyclic) bond motifs is 2. The molecular formula is C21H19ClF2N4O2. The Morgan fingerprint density at radius 3 is 2.90 bits per heavy atom. The van der Waals surface area contributed by atoms with Crippen LogP contribution >= 0.6 is 11.6 Å². The number of hydrogen-bond donors (Lipinski definition) is 2. The quantitative estimate of drug-likeness (QED) is 0.608. The second-order valence-electron chi connectivity index (χ2n) is 7.64. The molecule has 1 saturated heterocycles. The molecule has 1 aromatic heterocycles. The fraction of sp³-hybridized carbons (Fsp3) is 0.333. The van der Waals surface area contributed by atoms with Crippen molar-refractivity contribution in [3.05, 3.63) is 41.2 Å². The van der Waals surface area contributed by atoms with Gasteiger partial charge in [-0.3, -0.25) is 0 Å². The lowest BCUT2D eigenvalue weighted by Crippen LogP contribution is -2.56. The molecule has 2 aliphatic rings. The monoisotopic (exact) mass is 432 g/mol. The first-order chi connectivity index (χ1) is 14.5. The minimum atomic E-state index is -0.827. The Kier molecular flexibility index (Phi) is 4.63. The van der Waals surface area contributed by atoms with Crippen molar-refractivity contribution in [2.45, 2.75) is 25.4 Å². The van der Waals surface area contributed by atoms with Crippen LogP contribution in [-0.4, -0.2) is 46.9 Å². The molecule has 2 atom stereocenters. The first kappa shape index (κ1) is 19.3. The fourth-order valence-corrected chi connectivity index (χ4v) is 4.62. The van der Waals surface area contributed by atoms with Crippen molar-refractivity contribution in [3.63, 3.8) is 0 Å². The highest BCUT2D eigenvalue weighted by molar-refractivity contribution is 6.36. The van der Waals surface area contributed by atoms with Gasteiger partial charge in [0, 0.05) is 37.2 Å². The molecule has 0 bridgehead atoms. The van der Waals surface area contributed by atoms with Gasteiger partial charge in [0.2, 0.25) is 0 Å². The minimum absolute atomic E-state index is 0.0242. The SMILES string of the molecule is C[C@@H]1CN2c3ncnc4c(F)c(-c5c(O)cccc5F)c(Cl)c(c34)OCC[C@@H]2CN1. The van der Waals surface area contributed by atoms with E-state index in [0.29, 0.717) is 30.8 Å². The molecule has 3 heterocycles. The van der Waals surface area contributed by atoms with Crippen molar-refractivity contribution >= 4 is 28.3 Å². The van der Waals surface area contributed by atoms with Gasteiger partial charge in [0.25, 0.3) is 0 Å². The van der Waals surface area contributed by atoms with E-state index < -0.39 is 17.4 Å². The zero-order chi connectivity index (χ0) is 21.0. The fourth-order valence-electron chi connectivity index (χ4n) is 4.29. The van der Waals surface area contributed by atoms with Gasteiger partial charge in [-0.25, -0.2) is 18.7 Å². The van der Waals surface area contributed by atoms with Crippen LogP contribution in [0.1, 0.15) is 13.3 Å². The minimum Gasteiger partial charge on any atom is -0.507 e. The van der Waals surface area contributed by atoms with Crippen LogP contribution < -0.4 is 15.0 Å². The average Bonchev–Trinajstić information content (AvgIpc) is 2.71. The Morgan fingerprint density at radius 1 is 1.27 bits per heavy atom. The van der Waals surface area contributed by atoms with Gasteiger partial charge in [0.1, 0.15) is 29.2 Å². The summed E-state index contributed by atoms with van der Waals surface area (Å²) in [6.07, 6.45) is 1.99. The normalized spacial score (nSPS) is 21.0. The first-order valence-electron chi connectivity index (χ1n) is 9.73. The molecule has 2 aromatic carbocycles. The molecule has 0 spiro atoms. The third-order valence-electron chi connectivity index (χ3n) is 5.72. The summed E-state index contributed by atoms with van der Waals surface area (Å²) in [6, 6.07) is 4.11. The number of hydrogen-bond acceptors (Lipinski definition) is 6. The van der Waals surface area contributed by atoms with Crippen LogP contribution in [0.25, 0.3) is 22.0 Å². The van der Waals surface area contributed by atoms with Crippen molar-refractivity contribution in [2.24, 2.45) is 0 Å². The molecule has 0 aliphatic carbocycles. The van der Waals surface area contributed by atoms with Crippen molar-refractivity contribution < 1.29 is 18.6 Å². The van der Waals surface area contributed by atoms with E-state index in [4.69, 9.17) is 16.3 Å². The third kappa shape index (κ3) is 2.86. The number of piperazine rings is 1. The molecule has 0 amide bonds. The van der Waals surface area contributed by atoms with E-state index in [1.807, 2.05) is 0 Å². The smallest absolute Gasteiger partial charge is 0.159 e. The number of halogens is 3. The molecule has 30 heavy (non-hydrogen) atoms. The number of rotatable bonds is 1. The molecule has 156 valence electrons. The van der Waals surface area contributed by atoms with E-state index in [0.717, 1.165) is 12.6 Å². The lowest BCUT2D eigenvalue weighted by Gasteiger charge is -2.41. The molecule has 9 heteroatoms. The molecule has 0 unspecified atom stereocenters. The van der Waals surface area contributed by atoms with E-state index in [1.54, 1.807) is 0 Å². The molecule has 0 saturated carbocycles.